The molecule has 1 aliphatic carbocycles. The standard InChI is InChI=1S/C7H11N3O/c8-3-4-1-2-5-6(4)11-7(9)10-5/h4H,1-3,8H2,(H2,9,10). The van der Waals surface area contributed by atoms with Crippen molar-refractivity contribution in [1.29, 1.82) is 0 Å². The van der Waals surface area contributed by atoms with E-state index in [0.717, 1.165) is 24.3 Å². The highest BCUT2D eigenvalue weighted by atomic mass is 16.4. The van der Waals surface area contributed by atoms with Gasteiger partial charge in [-0.15, -0.1) is 0 Å². The minimum Gasteiger partial charge on any atom is -0.428 e. The molecule has 0 aromatic carbocycles. The van der Waals surface area contributed by atoms with E-state index < -0.39 is 0 Å². The maximum absolute atomic E-state index is 5.53. The number of nitrogens with two attached hydrogens (primary N) is 2. The van der Waals surface area contributed by atoms with Gasteiger partial charge >= 0.3 is 0 Å². The molecule has 0 radical (unpaired) electrons. The quantitative estimate of drug-likeness (QED) is 0.606. The number of aryl methyl sites for hydroxylation is 1. The maximum Gasteiger partial charge on any atom is 0.292 e. The maximum atomic E-state index is 5.53. The molecule has 4 heteroatoms. The van der Waals surface area contributed by atoms with Crippen molar-refractivity contribution in [3.05, 3.63) is 11.5 Å². The summed E-state index contributed by atoms with van der Waals surface area (Å²) in [5.41, 5.74) is 11.9. The van der Waals surface area contributed by atoms with E-state index in [1.165, 1.54) is 0 Å². The molecule has 0 spiro atoms. The van der Waals surface area contributed by atoms with Crippen molar-refractivity contribution in [1.82, 2.24) is 4.98 Å². The van der Waals surface area contributed by atoms with Crippen LogP contribution in [0.1, 0.15) is 23.8 Å². The number of nitrogens with zero attached hydrogens (tertiary/aromatic N) is 1. The summed E-state index contributed by atoms with van der Waals surface area (Å²) in [4.78, 5) is 4.04. The van der Waals surface area contributed by atoms with Gasteiger partial charge in [-0.1, -0.05) is 0 Å². The van der Waals surface area contributed by atoms with Gasteiger partial charge in [0.1, 0.15) is 5.76 Å². The molecule has 60 valence electrons. The minimum absolute atomic E-state index is 0.271. The van der Waals surface area contributed by atoms with Crippen LogP contribution in [0.2, 0.25) is 0 Å². The number of anilines is 1. The number of fused-ring (bicyclic) bond motifs is 1. The second-order valence-electron chi connectivity index (χ2n) is 2.83. The Kier molecular flexibility index (Phi) is 1.35. The summed E-state index contributed by atoms with van der Waals surface area (Å²) in [5.74, 6) is 1.25. The van der Waals surface area contributed by atoms with Gasteiger partial charge in [-0.3, -0.25) is 0 Å². The van der Waals surface area contributed by atoms with E-state index in [-0.39, 0.29) is 6.01 Å². The fourth-order valence-corrected chi connectivity index (χ4v) is 1.55. The number of hydrogen-bond donors (Lipinski definition) is 2. The predicted molar refractivity (Wildman–Crippen MR) is 41.0 cm³/mol. The van der Waals surface area contributed by atoms with Crippen molar-refractivity contribution in [2.75, 3.05) is 12.3 Å². The van der Waals surface area contributed by atoms with Crippen molar-refractivity contribution in [2.24, 2.45) is 5.73 Å². The second-order valence-corrected chi connectivity index (χ2v) is 2.83. The lowest BCUT2D eigenvalue weighted by Gasteiger charge is -2.01. The van der Waals surface area contributed by atoms with Gasteiger partial charge in [0.05, 0.1) is 5.69 Å². The molecule has 11 heavy (non-hydrogen) atoms. The summed E-state index contributed by atoms with van der Waals surface area (Å²) in [6.45, 7) is 0.627. The van der Waals surface area contributed by atoms with Crippen LogP contribution >= 0.6 is 0 Å². The van der Waals surface area contributed by atoms with Crippen LogP contribution in [0.3, 0.4) is 0 Å². The fraction of sp³-hybridized carbons (Fsp3) is 0.571. The van der Waals surface area contributed by atoms with Crippen LogP contribution < -0.4 is 11.5 Å². The molecule has 1 aliphatic rings. The molecule has 0 saturated heterocycles. The van der Waals surface area contributed by atoms with Crippen LogP contribution in [0.5, 0.6) is 0 Å². The van der Waals surface area contributed by atoms with Crippen molar-refractivity contribution in [3.8, 4) is 0 Å². The van der Waals surface area contributed by atoms with Crippen LogP contribution in [0.15, 0.2) is 4.42 Å². The first-order valence-corrected chi connectivity index (χ1v) is 3.76. The van der Waals surface area contributed by atoms with Crippen molar-refractivity contribution >= 4 is 6.01 Å². The summed E-state index contributed by atoms with van der Waals surface area (Å²) >= 11 is 0. The first-order valence-electron chi connectivity index (χ1n) is 3.76. The lowest BCUT2D eigenvalue weighted by Crippen LogP contribution is -2.08. The van der Waals surface area contributed by atoms with Crippen molar-refractivity contribution in [2.45, 2.75) is 18.8 Å². The van der Waals surface area contributed by atoms with E-state index in [0.29, 0.717) is 12.5 Å². The molecule has 1 aromatic rings. The van der Waals surface area contributed by atoms with Gasteiger partial charge in [0.25, 0.3) is 6.01 Å². The van der Waals surface area contributed by atoms with Gasteiger partial charge < -0.3 is 15.9 Å². The predicted octanol–water partition coefficient (Wildman–Crippen LogP) is 0.245. The number of hydrogen-bond acceptors (Lipinski definition) is 4. The normalized spacial score (nSPS) is 22.1. The molecule has 0 aliphatic heterocycles. The molecule has 0 amide bonds. The minimum atomic E-state index is 0.271. The highest BCUT2D eigenvalue weighted by molar-refractivity contribution is 5.27. The third-order valence-electron chi connectivity index (χ3n) is 2.13. The zero-order valence-corrected chi connectivity index (χ0v) is 6.21. The molecular weight excluding hydrogens is 142 g/mol. The average molecular weight is 153 g/mol. The molecule has 1 unspecified atom stereocenters. The Balaban J connectivity index is 2.37. The molecule has 1 heterocycles. The van der Waals surface area contributed by atoms with Gasteiger partial charge in [0.2, 0.25) is 0 Å². The summed E-state index contributed by atoms with van der Waals surface area (Å²) in [6.07, 6.45) is 2.01. The third kappa shape index (κ3) is 0.903. The highest BCUT2D eigenvalue weighted by Gasteiger charge is 2.26. The van der Waals surface area contributed by atoms with Crippen molar-refractivity contribution in [3.63, 3.8) is 0 Å². The van der Waals surface area contributed by atoms with E-state index >= 15 is 0 Å². The Morgan fingerprint density at radius 2 is 2.45 bits per heavy atom. The molecular formula is C7H11N3O. The summed E-state index contributed by atoms with van der Waals surface area (Å²) in [7, 11) is 0. The van der Waals surface area contributed by atoms with E-state index in [1.54, 1.807) is 0 Å². The summed E-state index contributed by atoms with van der Waals surface area (Å²) in [6, 6.07) is 0.271. The summed E-state index contributed by atoms with van der Waals surface area (Å²) in [5, 5.41) is 0. The van der Waals surface area contributed by atoms with Crippen LogP contribution in [-0.4, -0.2) is 11.5 Å². The lowest BCUT2D eigenvalue weighted by atomic mass is 10.1. The molecule has 1 atom stereocenters. The first-order chi connectivity index (χ1) is 5.31. The number of nitrogen functional groups attached to an aromatic ring is 1. The topological polar surface area (TPSA) is 78.1 Å². The zero-order chi connectivity index (χ0) is 7.84. The largest absolute Gasteiger partial charge is 0.428 e. The zero-order valence-electron chi connectivity index (χ0n) is 6.21. The van der Waals surface area contributed by atoms with Crippen molar-refractivity contribution < 1.29 is 4.42 Å². The molecule has 1 aromatic heterocycles. The van der Waals surface area contributed by atoms with Crippen LogP contribution in [0, 0.1) is 0 Å². The smallest absolute Gasteiger partial charge is 0.292 e. The Morgan fingerprint density at radius 1 is 1.64 bits per heavy atom. The Hall–Kier alpha value is -1.03. The van der Waals surface area contributed by atoms with E-state index in [4.69, 9.17) is 15.9 Å². The Labute approximate surface area is 64.6 Å². The number of rotatable bonds is 1. The van der Waals surface area contributed by atoms with Crippen LogP contribution in [0.4, 0.5) is 6.01 Å². The van der Waals surface area contributed by atoms with Gasteiger partial charge in [-0.25, -0.2) is 0 Å². The third-order valence-corrected chi connectivity index (χ3v) is 2.13. The van der Waals surface area contributed by atoms with Gasteiger partial charge in [-0.05, 0) is 12.8 Å². The molecule has 0 bridgehead atoms. The molecule has 4 nitrogen and oxygen atoms in total. The average Bonchev–Trinajstić information content (AvgIpc) is 2.45. The van der Waals surface area contributed by atoms with Crippen LogP contribution in [-0.2, 0) is 6.42 Å². The Bertz CT molecular complexity index is 269. The summed E-state index contributed by atoms with van der Waals surface area (Å²) < 4.78 is 5.22. The van der Waals surface area contributed by atoms with Crippen LogP contribution in [0.25, 0.3) is 0 Å². The number of oxazole rings is 1. The monoisotopic (exact) mass is 153 g/mol. The van der Waals surface area contributed by atoms with Gasteiger partial charge in [-0.2, -0.15) is 4.98 Å². The van der Waals surface area contributed by atoms with Gasteiger partial charge in [0, 0.05) is 12.5 Å². The molecule has 0 saturated carbocycles. The van der Waals surface area contributed by atoms with E-state index in [2.05, 4.69) is 4.98 Å². The molecule has 2 rings (SSSR count). The first kappa shape index (κ1) is 6.67. The fourth-order valence-electron chi connectivity index (χ4n) is 1.55. The Morgan fingerprint density at radius 3 is 3.18 bits per heavy atom. The van der Waals surface area contributed by atoms with Gasteiger partial charge in [0.15, 0.2) is 0 Å². The molecule has 4 N–H and O–H groups in total. The second kappa shape index (κ2) is 2.23. The van der Waals surface area contributed by atoms with E-state index in [9.17, 15) is 0 Å². The SMILES string of the molecule is NCC1CCc2nc(N)oc21. The highest BCUT2D eigenvalue weighted by Crippen LogP contribution is 2.32. The number of aromatic nitrogens is 1. The lowest BCUT2D eigenvalue weighted by molar-refractivity contribution is 0.481. The van der Waals surface area contributed by atoms with E-state index in [1.807, 2.05) is 0 Å². The molecule has 0 fully saturated rings.